The van der Waals surface area contributed by atoms with Crippen LogP contribution in [0.25, 0.3) is 0 Å². The molecule has 0 aliphatic heterocycles. The normalized spacial score (nSPS) is 21.8. The molecule has 0 amide bonds. The smallest absolute Gasteiger partial charge is 0.0909 e. The molecule has 1 aromatic rings. The highest BCUT2D eigenvalue weighted by Gasteiger charge is 2.38. The van der Waals surface area contributed by atoms with Gasteiger partial charge in [0.05, 0.1) is 17.4 Å². The zero-order chi connectivity index (χ0) is 10.9. The third kappa shape index (κ3) is 2.21. The van der Waals surface area contributed by atoms with Crippen LogP contribution in [0, 0.1) is 0 Å². The summed E-state index contributed by atoms with van der Waals surface area (Å²) in [6.07, 6.45) is 5.04. The first-order valence-electron chi connectivity index (χ1n) is 5.49. The third-order valence-corrected chi connectivity index (χ3v) is 3.26. The van der Waals surface area contributed by atoms with Crippen molar-refractivity contribution in [1.82, 2.24) is 9.78 Å². The molecule has 1 unspecified atom stereocenters. The minimum atomic E-state index is -0.877. The van der Waals surface area contributed by atoms with Gasteiger partial charge in [-0.05, 0) is 18.9 Å². The van der Waals surface area contributed by atoms with Gasteiger partial charge < -0.3 is 10.2 Å². The Morgan fingerprint density at radius 3 is 2.73 bits per heavy atom. The topological polar surface area (TPSA) is 58.3 Å². The number of aliphatic hydroxyl groups is 2. The Labute approximate surface area is 89.5 Å². The highest BCUT2D eigenvalue weighted by Crippen LogP contribution is 2.33. The first-order valence-corrected chi connectivity index (χ1v) is 5.49. The lowest BCUT2D eigenvalue weighted by atomic mass is 9.92. The summed E-state index contributed by atoms with van der Waals surface area (Å²) in [7, 11) is 1.85. The van der Waals surface area contributed by atoms with Crippen LogP contribution >= 0.6 is 0 Å². The Balaban J connectivity index is 1.99. The van der Waals surface area contributed by atoms with Crippen LogP contribution < -0.4 is 0 Å². The van der Waals surface area contributed by atoms with Crippen LogP contribution in [0.4, 0.5) is 0 Å². The molecule has 84 valence electrons. The van der Waals surface area contributed by atoms with Crippen molar-refractivity contribution in [2.24, 2.45) is 7.05 Å². The maximum absolute atomic E-state index is 10.1. The van der Waals surface area contributed by atoms with Crippen molar-refractivity contribution in [1.29, 1.82) is 0 Å². The van der Waals surface area contributed by atoms with E-state index in [0.29, 0.717) is 19.3 Å². The van der Waals surface area contributed by atoms with Crippen molar-refractivity contribution >= 4 is 0 Å². The fourth-order valence-corrected chi connectivity index (χ4v) is 2.28. The number of hydrogen-bond donors (Lipinski definition) is 2. The SMILES string of the molecule is Cn1ccc(CC(O)C2(O)CCCC2)n1. The lowest BCUT2D eigenvalue weighted by Gasteiger charge is -2.27. The first-order chi connectivity index (χ1) is 7.10. The van der Waals surface area contributed by atoms with Crippen LogP contribution in [-0.4, -0.2) is 31.7 Å². The van der Waals surface area contributed by atoms with Crippen LogP contribution in [0.2, 0.25) is 0 Å². The van der Waals surface area contributed by atoms with Gasteiger partial charge in [-0.2, -0.15) is 5.10 Å². The van der Waals surface area contributed by atoms with Gasteiger partial charge in [-0.15, -0.1) is 0 Å². The maximum atomic E-state index is 10.1. The van der Waals surface area contributed by atoms with E-state index in [1.165, 1.54) is 0 Å². The van der Waals surface area contributed by atoms with Crippen LogP contribution in [0.5, 0.6) is 0 Å². The van der Waals surface area contributed by atoms with Crippen molar-refractivity contribution in [3.8, 4) is 0 Å². The van der Waals surface area contributed by atoms with Gasteiger partial charge in [0.1, 0.15) is 0 Å². The minimum Gasteiger partial charge on any atom is -0.390 e. The summed E-state index contributed by atoms with van der Waals surface area (Å²) in [6, 6.07) is 1.88. The zero-order valence-corrected chi connectivity index (χ0v) is 9.06. The first kappa shape index (κ1) is 10.6. The van der Waals surface area contributed by atoms with Gasteiger partial charge in [0, 0.05) is 19.7 Å². The molecule has 0 spiro atoms. The monoisotopic (exact) mass is 210 g/mol. The second-order valence-electron chi connectivity index (χ2n) is 4.51. The van der Waals surface area contributed by atoms with Crippen molar-refractivity contribution in [3.05, 3.63) is 18.0 Å². The minimum absolute atomic E-state index is 0.442. The summed E-state index contributed by atoms with van der Waals surface area (Å²) >= 11 is 0. The Bertz CT molecular complexity index is 329. The van der Waals surface area contributed by atoms with E-state index >= 15 is 0 Å². The van der Waals surface area contributed by atoms with E-state index in [2.05, 4.69) is 5.10 Å². The van der Waals surface area contributed by atoms with E-state index in [0.717, 1.165) is 18.5 Å². The molecule has 1 heterocycles. The Morgan fingerprint density at radius 1 is 1.53 bits per heavy atom. The summed E-state index contributed by atoms with van der Waals surface area (Å²) in [6.45, 7) is 0. The number of hydrogen-bond acceptors (Lipinski definition) is 3. The summed E-state index contributed by atoms with van der Waals surface area (Å²) in [5, 5.41) is 24.3. The number of rotatable bonds is 3. The van der Waals surface area contributed by atoms with Gasteiger partial charge in [-0.1, -0.05) is 12.8 Å². The average Bonchev–Trinajstić information content (AvgIpc) is 2.76. The molecular formula is C11H18N2O2. The van der Waals surface area contributed by atoms with E-state index in [1.54, 1.807) is 4.68 Å². The number of aryl methyl sites for hydroxylation is 1. The van der Waals surface area contributed by atoms with E-state index in [4.69, 9.17) is 0 Å². The molecule has 15 heavy (non-hydrogen) atoms. The van der Waals surface area contributed by atoms with Gasteiger partial charge in [0.25, 0.3) is 0 Å². The lowest BCUT2D eigenvalue weighted by Crippen LogP contribution is -2.40. The maximum Gasteiger partial charge on any atom is 0.0909 e. The van der Waals surface area contributed by atoms with Crippen molar-refractivity contribution < 1.29 is 10.2 Å². The second kappa shape index (κ2) is 3.94. The molecule has 1 aliphatic rings. The van der Waals surface area contributed by atoms with Crippen molar-refractivity contribution in [2.45, 2.75) is 43.8 Å². The van der Waals surface area contributed by atoms with Gasteiger partial charge >= 0.3 is 0 Å². The van der Waals surface area contributed by atoms with E-state index in [9.17, 15) is 10.2 Å². The molecule has 0 saturated heterocycles. The van der Waals surface area contributed by atoms with E-state index in [-0.39, 0.29) is 0 Å². The number of nitrogens with zero attached hydrogens (tertiary/aromatic N) is 2. The largest absolute Gasteiger partial charge is 0.390 e. The van der Waals surface area contributed by atoms with Gasteiger partial charge in [0.2, 0.25) is 0 Å². The number of aliphatic hydroxyl groups excluding tert-OH is 1. The van der Waals surface area contributed by atoms with Crippen molar-refractivity contribution in [3.63, 3.8) is 0 Å². The molecule has 0 radical (unpaired) electrons. The Hall–Kier alpha value is -0.870. The second-order valence-corrected chi connectivity index (χ2v) is 4.51. The van der Waals surface area contributed by atoms with Crippen LogP contribution in [0.15, 0.2) is 12.3 Å². The van der Waals surface area contributed by atoms with E-state index < -0.39 is 11.7 Å². The molecule has 1 aliphatic carbocycles. The Kier molecular flexibility index (Phi) is 2.80. The van der Waals surface area contributed by atoms with Gasteiger partial charge in [0.15, 0.2) is 0 Å². The third-order valence-electron chi connectivity index (χ3n) is 3.26. The predicted molar refractivity (Wildman–Crippen MR) is 56.3 cm³/mol. The van der Waals surface area contributed by atoms with Crippen LogP contribution in [-0.2, 0) is 13.5 Å². The van der Waals surface area contributed by atoms with Crippen LogP contribution in [0.1, 0.15) is 31.4 Å². The van der Waals surface area contributed by atoms with Gasteiger partial charge in [-0.3, -0.25) is 4.68 Å². The summed E-state index contributed by atoms with van der Waals surface area (Å²) in [4.78, 5) is 0. The highest BCUT2D eigenvalue weighted by molar-refractivity contribution is 5.04. The molecule has 0 aromatic carbocycles. The predicted octanol–water partition coefficient (Wildman–Crippen LogP) is 0.629. The number of aromatic nitrogens is 2. The molecule has 1 fully saturated rings. The fourth-order valence-electron chi connectivity index (χ4n) is 2.28. The standard InChI is InChI=1S/C11H18N2O2/c1-13-7-4-9(12-13)8-10(14)11(15)5-2-3-6-11/h4,7,10,14-15H,2-3,5-6,8H2,1H3. The van der Waals surface area contributed by atoms with Crippen LogP contribution in [0.3, 0.4) is 0 Å². The molecule has 4 nitrogen and oxygen atoms in total. The molecule has 2 rings (SSSR count). The molecule has 2 N–H and O–H groups in total. The molecule has 1 aromatic heterocycles. The average molecular weight is 210 g/mol. The quantitative estimate of drug-likeness (QED) is 0.769. The summed E-state index contributed by atoms with van der Waals surface area (Å²) in [5.41, 5.74) is -0.0392. The molecule has 1 atom stereocenters. The molecule has 4 heteroatoms. The Morgan fingerprint density at radius 2 is 2.20 bits per heavy atom. The zero-order valence-electron chi connectivity index (χ0n) is 9.06. The summed E-state index contributed by atoms with van der Waals surface area (Å²) < 4.78 is 1.71. The van der Waals surface area contributed by atoms with Gasteiger partial charge in [-0.25, -0.2) is 0 Å². The molecular weight excluding hydrogens is 192 g/mol. The fraction of sp³-hybridized carbons (Fsp3) is 0.727. The summed E-state index contributed by atoms with van der Waals surface area (Å²) in [5.74, 6) is 0. The lowest BCUT2D eigenvalue weighted by molar-refractivity contribution is -0.0693. The molecule has 0 bridgehead atoms. The van der Waals surface area contributed by atoms with E-state index in [1.807, 2.05) is 19.3 Å². The molecule has 1 saturated carbocycles. The van der Waals surface area contributed by atoms with Crippen molar-refractivity contribution in [2.75, 3.05) is 0 Å². The highest BCUT2D eigenvalue weighted by atomic mass is 16.3.